The minimum absolute atomic E-state index is 0.0848. The second-order valence-electron chi connectivity index (χ2n) is 5.12. The zero-order valence-electron chi connectivity index (χ0n) is 11.1. The lowest BCUT2D eigenvalue weighted by Crippen LogP contribution is -2.22. The van der Waals surface area contributed by atoms with Crippen LogP contribution in [0.4, 0.5) is 11.4 Å². The molecule has 1 aliphatic heterocycles. The average molecular weight is 247 g/mol. The number of amides is 1. The van der Waals surface area contributed by atoms with E-state index >= 15 is 0 Å². The molecule has 1 aromatic rings. The maximum Gasteiger partial charge on any atom is 0.228 e. The van der Waals surface area contributed by atoms with Crippen LogP contribution >= 0.6 is 0 Å². The van der Waals surface area contributed by atoms with E-state index in [1.54, 1.807) is 0 Å². The van der Waals surface area contributed by atoms with Crippen LogP contribution in [0.1, 0.15) is 18.9 Å². The van der Waals surface area contributed by atoms with Crippen molar-refractivity contribution in [2.45, 2.75) is 19.8 Å². The molecule has 0 aromatic heterocycles. The molecule has 1 heterocycles. The molecule has 4 heteroatoms. The number of rotatable bonds is 5. The van der Waals surface area contributed by atoms with Crippen molar-refractivity contribution in [3.63, 3.8) is 0 Å². The predicted octanol–water partition coefficient (Wildman–Crippen LogP) is 1.60. The van der Waals surface area contributed by atoms with Crippen molar-refractivity contribution >= 4 is 17.3 Å². The van der Waals surface area contributed by atoms with Crippen LogP contribution in [-0.4, -0.2) is 26.0 Å². The van der Waals surface area contributed by atoms with Crippen LogP contribution in [0.3, 0.4) is 0 Å². The Morgan fingerprint density at radius 3 is 3.00 bits per heavy atom. The molecule has 18 heavy (non-hydrogen) atoms. The minimum Gasteiger partial charge on any atom is -0.375 e. The largest absolute Gasteiger partial charge is 0.375 e. The Hall–Kier alpha value is -1.55. The summed E-state index contributed by atoms with van der Waals surface area (Å²) in [5.41, 5.74) is 8.83. The maximum atomic E-state index is 11.3. The summed E-state index contributed by atoms with van der Waals surface area (Å²) in [6.45, 7) is 3.88. The molecule has 1 aliphatic rings. The van der Waals surface area contributed by atoms with Crippen LogP contribution in [0.2, 0.25) is 0 Å². The number of nitrogens with zero attached hydrogens (tertiary/aromatic N) is 1. The third-order valence-electron chi connectivity index (χ3n) is 3.51. The molecule has 1 aromatic carbocycles. The monoisotopic (exact) mass is 247 g/mol. The van der Waals surface area contributed by atoms with Crippen LogP contribution in [-0.2, 0) is 11.2 Å². The molecule has 0 bridgehead atoms. The van der Waals surface area contributed by atoms with Gasteiger partial charge in [-0.2, -0.15) is 0 Å². The highest BCUT2D eigenvalue weighted by atomic mass is 16.1. The van der Waals surface area contributed by atoms with Gasteiger partial charge in [0.15, 0.2) is 0 Å². The average Bonchev–Trinajstić information content (AvgIpc) is 2.74. The molecule has 1 atom stereocenters. The van der Waals surface area contributed by atoms with Crippen LogP contribution in [0.15, 0.2) is 18.2 Å². The molecule has 3 N–H and O–H groups in total. The van der Waals surface area contributed by atoms with E-state index in [1.165, 1.54) is 0 Å². The first-order valence-electron chi connectivity index (χ1n) is 6.44. The lowest BCUT2D eigenvalue weighted by atomic mass is 10.1. The number of fused-ring (bicyclic) bond motifs is 1. The van der Waals surface area contributed by atoms with E-state index in [2.05, 4.69) is 36.3 Å². The molecule has 1 unspecified atom stereocenters. The van der Waals surface area contributed by atoms with Crippen molar-refractivity contribution in [1.82, 2.24) is 0 Å². The van der Waals surface area contributed by atoms with E-state index in [4.69, 9.17) is 5.73 Å². The van der Waals surface area contributed by atoms with E-state index in [9.17, 15) is 4.79 Å². The standard InChI is InChI=1S/C14H21N3O/c1-10(9-15)5-6-17(2)12-3-4-13-11(7-12)8-14(18)16-13/h3-4,7,10H,5-6,8-9,15H2,1-2H3,(H,16,18). The van der Waals surface area contributed by atoms with Crippen LogP contribution in [0.5, 0.6) is 0 Å². The van der Waals surface area contributed by atoms with Gasteiger partial charge in [0, 0.05) is 25.0 Å². The van der Waals surface area contributed by atoms with Gasteiger partial charge in [-0.3, -0.25) is 4.79 Å². The summed E-state index contributed by atoms with van der Waals surface area (Å²) in [6, 6.07) is 6.14. The number of hydrogen-bond acceptors (Lipinski definition) is 3. The maximum absolute atomic E-state index is 11.3. The molecule has 0 fully saturated rings. The smallest absolute Gasteiger partial charge is 0.228 e. The number of nitrogens with one attached hydrogen (secondary N) is 1. The zero-order valence-corrected chi connectivity index (χ0v) is 11.1. The summed E-state index contributed by atoms with van der Waals surface area (Å²) in [4.78, 5) is 13.5. The van der Waals surface area contributed by atoms with E-state index in [0.717, 1.165) is 36.4 Å². The summed E-state index contributed by atoms with van der Waals surface area (Å²) >= 11 is 0. The number of carbonyl (C=O) groups excluding carboxylic acids is 1. The fraction of sp³-hybridized carbons (Fsp3) is 0.500. The Morgan fingerprint density at radius 2 is 2.28 bits per heavy atom. The summed E-state index contributed by atoms with van der Waals surface area (Å²) < 4.78 is 0. The number of anilines is 2. The third kappa shape index (κ3) is 2.82. The van der Waals surface area contributed by atoms with Gasteiger partial charge in [0.05, 0.1) is 6.42 Å². The molecule has 98 valence electrons. The fourth-order valence-electron chi connectivity index (χ4n) is 2.11. The van der Waals surface area contributed by atoms with E-state index in [1.807, 2.05) is 6.07 Å². The lowest BCUT2D eigenvalue weighted by Gasteiger charge is -2.21. The van der Waals surface area contributed by atoms with Crippen molar-refractivity contribution in [1.29, 1.82) is 0 Å². The van der Waals surface area contributed by atoms with Gasteiger partial charge in [0.25, 0.3) is 0 Å². The van der Waals surface area contributed by atoms with Gasteiger partial charge in [-0.15, -0.1) is 0 Å². The van der Waals surface area contributed by atoms with Crippen molar-refractivity contribution < 1.29 is 4.79 Å². The zero-order chi connectivity index (χ0) is 13.1. The topological polar surface area (TPSA) is 58.4 Å². The number of benzene rings is 1. The number of carbonyl (C=O) groups is 1. The molecule has 0 radical (unpaired) electrons. The molecule has 1 amide bonds. The van der Waals surface area contributed by atoms with Gasteiger partial charge >= 0.3 is 0 Å². The van der Waals surface area contributed by atoms with Crippen molar-refractivity contribution in [2.75, 3.05) is 30.4 Å². The van der Waals surface area contributed by atoms with Gasteiger partial charge in [0.2, 0.25) is 5.91 Å². The fourth-order valence-corrected chi connectivity index (χ4v) is 2.11. The van der Waals surface area contributed by atoms with Crippen LogP contribution in [0.25, 0.3) is 0 Å². The Balaban J connectivity index is 2.01. The van der Waals surface area contributed by atoms with Crippen molar-refractivity contribution in [2.24, 2.45) is 11.7 Å². The van der Waals surface area contributed by atoms with Gasteiger partial charge in [-0.25, -0.2) is 0 Å². The summed E-state index contributed by atoms with van der Waals surface area (Å²) in [5.74, 6) is 0.631. The van der Waals surface area contributed by atoms with Gasteiger partial charge < -0.3 is 16.0 Å². The summed E-state index contributed by atoms with van der Waals surface area (Å²) in [5, 5.41) is 2.85. The van der Waals surface area contributed by atoms with Crippen molar-refractivity contribution in [3.8, 4) is 0 Å². The van der Waals surface area contributed by atoms with E-state index in [0.29, 0.717) is 12.3 Å². The highest BCUT2D eigenvalue weighted by Gasteiger charge is 2.18. The van der Waals surface area contributed by atoms with Crippen molar-refractivity contribution in [3.05, 3.63) is 23.8 Å². The van der Waals surface area contributed by atoms with Crippen LogP contribution in [0, 0.1) is 5.92 Å². The first-order chi connectivity index (χ1) is 8.60. The molecule has 0 saturated heterocycles. The lowest BCUT2D eigenvalue weighted by molar-refractivity contribution is -0.115. The molecule has 0 aliphatic carbocycles. The molecular weight excluding hydrogens is 226 g/mol. The number of hydrogen-bond donors (Lipinski definition) is 2. The Morgan fingerprint density at radius 1 is 1.50 bits per heavy atom. The van der Waals surface area contributed by atoms with Gasteiger partial charge in [0.1, 0.15) is 0 Å². The Labute approximate surface area is 108 Å². The normalized spacial score (nSPS) is 15.2. The third-order valence-corrected chi connectivity index (χ3v) is 3.51. The second kappa shape index (κ2) is 5.40. The van der Waals surface area contributed by atoms with Crippen LogP contribution < -0.4 is 16.0 Å². The summed E-state index contributed by atoms with van der Waals surface area (Å²) in [6.07, 6.45) is 1.58. The van der Waals surface area contributed by atoms with Gasteiger partial charge in [-0.1, -0.05) is 6.92 Å². The molecule has 0 spiro atoms. The first kappa shape index (κ1) is 12.9. The Bertz CT molecular complexity index is 445. The first-order valence-corrected chi connectivity index (χ1v) is 6.44. The summed E-state index contributed by atoms with van der Waals surface area (Å²) in [7, 11) is 2.08. The molecule has 4 nitrogen and oxygen atoms in total. The molecular formula is C14H21N3O. The second-order valence-corrected chi connectivity index (χ2v) is 5.12. The molecule has 2 rings (SSSR count). The van der Waals surface area contributed by atoms with E-state index < -0.39 is 0 Å². The predicted molar refractivity (Wildman–Crippen MR) is 74.9 cm³/mol. The van der Waals surface area contributed by atoms with Gasteiger partial charge in [-0.05, 0) is 42.6 Å². The highest BCUT2D eigenvalue weighted by Crippen LogP contribution is 2.27. The Kier molecular flexibility index (Phi) is 3.87. The van der Waals surface area contributed by atoms with E-state index in [-0.39, 0.29) is 5.91 Å². The minimum atomic E-state index is 0.0848. The highest BCUT2D eigenvalue weighted by molar-refractivity contribution is 5.99. The number of nitrogens with two attached hydrogens (primary N) is 1. The quantitative estimate of drug-likeness (QED) is 0.831. The molecule has 0 saturated carbocycles. The SMILES string of the molecule is CC(CN)CCN(C)c1ccc2c(c1)CC(=O)N2.